The molecule has 2 aromatic rings. The molecule has 0 fully saturated rings. The molecule has 0 amide bonds. The highest BCUT2D eigenvalue weighted by Crippen LogP contribution is 2.26. The van der Waals surface area contributed by atoms with E-state index < -0.39 is 0 Å². The molecule has 18 heavy (non-hydrogen) atoms. The Morgan fingerprint density at radius 2 is 1.89 bits per heavy atom. The molecule has 0 aliphatic heterocycles. The first-order valence-corrected chi connectivity index (χ1v) is 6.34. The van der Waals surface area contributed by atoms with E-state index in [0.29, 0.717) is 16.8 Å². The summed E-state index contributed by atoms with van der Waals surface area (Å²) in [6.07, 6.45) is 0. The number of nitrogens with two attached hydrogens (primary N) is 1. The Morgan fingerprint density at radius 3 is 2.56 bits per heavy atom. The molecule has 2 rings (SSSR count). The summed E-state index contributed by atoms with van der Waals surface area (Å²) in [4.78, 5) is 0. The summed E-state index contributed by atoms with van der Waals surface area (Å²) in [6.45, 7) is 0.342. The lowest BCUT2D eigenvalue weighted by atomic mass is 10.1. The lowest BCUT2D eigenvalue weighted by Crippen LogP contribution is -2.19. The van der Waals surface area contributed by atoms with Gasteiger partial charge >= 0.3 is 0 Å². The molecule has 0 aromatic heterocycles. The van der Waals surface area contributed by atoms with Crippen molar-refractivity contribution in [2.75, 3.05) is 6.61 Å². The molecule has 0 radical (unpaired) electrons. The molecule has 0 aliphatic rings. The van der Waals surface area contributed by atoms with Crippen molar-refractivity contribution >= 4 is 15.9 Å². The third-order valence-electron chi connectivity index (χ3n) is 2.54. The molecule has 2 N–H and O–H groups in total. The average molecular weight is 310 g/mol. The number of benzene rings is 2. The Kier molecular flexibility index (Phi) is 4.33. The van der Waals surface area contributed by atoms with Crippen LogP contribution in [0.4, 0.5) is 4.39 Å². The van der Waals surface area contributed by atoms with Crippen molar-refractivity contribution in [3.63, 3.8) is 0 Å². The second kappa shape index (κ2) is 5.98. The van der Waals surface area contributed by atoms with Crippen LogP contribution in [0.5, 0.6) is 5.75 Å². The highest BCUT2D eigenvalue weighted by molar-refractivity contribution is 9.10. The van der Waals surface area contributed by atoms with Crippen LogP contribution < -0.4 is 10.5 Å². The maximum absolute atomic E-state index is 12.9. The normalized spacial score (nSPS) is 12.2. The van der Waals surface area contributed by atoms with Gasteiger partial charge in [0.05, 0.1) is 10.5 Å². The first-order valence-electron chi connectivity index (χ1n) is 5.55. The third-order valence-corrected chi connectivity index (χ3v) is 3.16. The van der Waals surface area contributed by atoms with Gasteiger partial charge in [0.15, 0.2) is 0 Å². The Morgan fingerprint density at radius 1 is 1.17 bits per heavy atom. The van der Waals surface area contributed by atoms with Crippen LogP contribution in [-0.2, 0) is 0 Å². The zero-order valence-electron chi connectivity index (χ0n) is 9.64. The van der Waals surface area contributed by atoms with Crippen LogP contribution in [0.15, 0.2) is 53.0 Å². The number of hydrogen-bond acceptors (Lipinski definition) is 2. The van der Waals surface area contributed by atoms with Crippen molar-refractivity contribution in [1.29, 1.82) is 0 Å². The topological polar surface area (TPSA) is 35.2 Å². The fourth-order valence-corrected chi connectivity index (χ4v) is 2.03. The molecule has 94 valence electrons. The quantitative estimate of drug-likeness (QED) is 0.935. The first kappa shape index (κ1) is 13.1. The SMILES string of the molecule is NC(COc1ccc(F)cc1Br)c1ccccc1. The average Bonchev–Trinajstić information content (AvgIpc) is 2.38. The van der Waals surface area contributed by atoms with Gasteiger partial charge in [-0.1, -0.05) is 30.3 Å². The van der Waals surface area contributed by atoms with E-state index in [9.17, 15) is 4.39 Å². The van der Waals surface area contributed by atoms with Gasteiger partial charge in [-0.25, -0.2) is 4.39 Å². The zero-order chi connectivity index (χ0) is 13.0. The molecule has 0 aliphatic carbocycles. The summed E-state index contributed by atoms with van der Waals surface area (Å²) >= 11 is 3.25. The van der Waals surface area contributed by atoms with Crippen LogP contribution in [0.25, 0.3) is 0 Å². The summed E-state index contributed by atoms with van der Waals surface area (Å²) in [6, 6.07) is 13.8. The largest absolute Gasteiger partial charge is 0.490 e. The van der Waals surface area contributed by atoms with Gasteiger partial charge in [-0.3, -0.25) is 0 Å². The van der Waals surface area contributed by atoms with Gasteiger partial charge < -0.3 is 10.5 Å². The summed E-state index contributed by atoms with van der Waals surface area (Å²) < 4.78 is 19.1. The van der Waals surface area contributed by atoms with E-state index in [2.05, 4.69) is 15.9 Å². The molecule has 0 spiro atoms. The van der Waals surface area contributed by atoms with Crippen LogP contribution in [-0.4, -0.2) is 6.61 Å². The fourth-order valence-electron chi connectivity index (χ4n) is 1.57. The molecule has 0 heterocycles. The van der Waals surface area contributed by atoms with E-state index >= 15 is 0 Å². The van der Waals surface area contributed by atoms with E-state index in [0.717, 1.165) is 5.56 Å². The highest BCUT2D eigenvalue weighted by atomic mass is 79.9. The van der Waals surface area contributed by atoms with Crippen LogP contribution in [0.2, 0.25) is 0 Å². The van der Waals surface area contributed by atoms with Crippen molar-refractivity contribution < 1.29 is 9.13 Å². The molecular weight excluding hydrogens is 297 g/mol. The van der Waals surface area contributed by atoms with Gasteiger partial charge in [-0.05, 0) is 39.7 Å². The molecule has 2 nitrogen and oxygen atoms in total. The minimum absolute atomic E-state index is 0.205. The van der Waals surface area contributed by atoms with E-state index in [1.54, 1.807) is 6.07 Å². The van der Waals surface area contributed by atoms with Gasteiger partial charge in [0.2, 0.25) is 0 Å². The molecular formula is C14H13BrFNO. The molecule has 2 aromatic carbocycles. The number of halogens is 2. The molecule has 1 atom stereocenters. The van der Waals surface area contributed by atoms with E-state index in [4.69, 9.17) is 10.5 Å². The first-order chi connectivity index (χ1) is 8.66. The van der Waals surface area contributed by atoms with Crippen molar-refractivity contribution in [3.05, 3.63) is 64.4 Å². The van der Waals surface area contributed by atoms with Crippen molar-refractivity contribution in [2.24, 2.45) is 5.73 Å². The third kappa shape index (κ3) is 3.31. The highest BCUT2D eigenvalue weighted by Gasteiger charge is 2.08. The summed E-state index contributed by atoms with van der Waals surface area (Å²) in [5, 5.41) is 0. The maximum atomic E-state index is 12.9. The number of ether oxygens (including phenoxy) is 1. The van der Waals surface area contributed by atoms with E-state index in [1.165, 1.54) is 12.1 Å². The zero-order valence-corrected chi connectivity index (χ0v) is 11.2. The second-order valence-corrected chi connectivity index (χ2v) is 4.76. The summed E-state index contributed by atoms with van der Waals surface area (Å²) in [5.74, 6) is 0.282. The molecule has 4 heteroatoms. The van der Waals surface area contributed by atoms with Gasteiger partial charge in [0, 0.05) is 0 Å². The van der Waals surface area contributed by atoms with Gasteiger partial charge in [-0.2, -0.15) is 0 Å². The minimum Gasteiger partial charge on any atom is -0.490 e. The lowest BCUT2D eigenvalue weighted by Gasteiger charge is -2.14. The van der Waals surface area contributed by atoms with Crippen LogP contribution in [0.3, 0.4) is 0 Å². The van der Waals surface area contributed by atoms with Crippen LogP contribution >= 0.6 is 15.9 Å². The van der Waals surface area contributed by atoms with Crippen molar-refractivity contribution in [3.8, 4) is 5.75 Å². The molecule has 0 saturated heterocycles. The Hall–Kier alpha value is -1.39. The van der Waals surface area contributed by atoms with Gasteiger partial charge in [0.1, 0.15) is 18.2 Å². The Balaban J connectivity index is 1.99. The lowest BCUT2D eigenvalue weighted by molar-refractivity contribution is 0.288. The second-order valence-electron chi connectivity index (χ2n) is 3.90. The molecule has 0 bridgehead atoms. The van der Waals surface area contributed by atoms with Crippen LogP contribution in [0.1, 0.15) is 11.6 Å². The van der Waals surface area contributed by atoms with Crippen LogP contribution in [0, 0.1) is 5.82 Å². The number of hydrogen-bond donors (Lipinski definition) is 1. The van der Waals surface area contributed by atoms with E-state index in [-0.39, 0.29) is 11.9 Å². The van der Waals surface area contributed by atoms with Gasteiger partial charge in [0.25, 0.3) is 0 Å². The van der Waals surface area contributed by atoms with Crippen molar-refractivity contribution in [2.45, 2.75) is 6.04 Å². The molecule has 1 unspecified atom stereocenters. The van der Waals surface area contributed by atoms with Crippen molar-refractivity contribution in [1.82, 2.24) is 0 Å². The Bertz CT molecular complexity index is 518. The smallest absolute Gasteiger partial charge is 0.133 e. The van der Waals surface area contributed by atoms with E-state index in [1.807, 2.05) is 30.3 Å². The Labute approximate surface area is 114 Å². The fraction of sp³-hybridized carbons (Fsp3) is 0.143. The van der Waals surface area contributed by atoms with Gasteiger partial charge in [-0.15, -0.1) is 0 Å². The summed E-state index contributed by atoms with van der Waals surface area (Å²) in [5.41, 5.74) is 7.02. The monoisotopic (exact) mass is 309 g/mol. The predicted molar refractivity (Wildman–Crippen MR) is 73.0 cm³/mol. The standard InChI is InChI=1S/C14H13BrFNO/c15-12-8-11(16)6-7-14(12)18-9-13(17)10-4-2-1-3-5-10/h1-8,13H,9,17H2. The molecule has 0 saturated carbocycles. The summed E-state index contributed by atoms with van der Waals surface area (Å²) in [7, 11) is 0. The maximum Gasteiger partial charge on any atom is 0.133 e. The number of rotatable bonds is 4. The predicted octanol–water partition coefficient (Wildman–Crippen LogP) is 3.67. The minimum atomic E-state index is -0.304.